The van der Waals surface area contributed by atoms with Gasteiger partial charge in [-0.15, -0.1) is 0 Å². The fraction of sp³-hybridized carbons (Fsp3) is 0.273. The minimum Gasteiger partial charge on any atom is -0.468 e. The summed E-state index contributed by atoms with van der Waals surface area (Å²) in [4.78, 5) is 21.3. The molecule has 1 aliphatic rings. The molecule has 7 heteroatoms. The fourth-order valence-electron chi connectivity index (χ4n) is 3.47. The number of hydrogen-bond donors (Lipinski definition) is 1. The SMILES string of the molecule is O=C(Nc1ccc(N2CCCN(Cc3ccco3)CC2)nc1)c1ccccc1F. The summed E-state index contributed by atoms with van der Waals surface area (Å²) >= 11 is 0. The molecule has 3 aromatic rings. The lowest BCUT2D eigenvalue weighted by Crippen LogP contribution is -2.30. The molecule has 3 heterocycles. The molecule has 2 aromatic heterocycles. The highest BCUT2D eigenvalue weighted by Gasteiger charge is 2.17. The molecule has 0 aliphatic carbocycles. The third kappa shape index (κ3) is 4.81. The number of carbonyl (C=O) groups is 1. The zero-order chi connectivity index (χ0) is 20.1. The van der Waals surface area contributed by atoms with Gasteiger partial charge >= 0.3 is 0 Å². The maximum absolute atomic E-state index is 13.7. The van der Waals surface area contributed by atoms with Crippen LogP contribution in [0.2, 0.25) is 0 Å². The van der Waals surface area contributed by atoms with Crippen molar-refractivity contribution in [2.75, 3.05) is 36.4 Å². The van der Waals surface area contributed by atoms with Crippen LogP contribution in [0.5, 0.6) is 0 Å². The van der Waals surface area contributed by atoms with Gasteiger partial charge in [0, 0.05) is 26.2 Å². The second-order valence-corrected chi connectivity index (χ2v) is 7.04. The van der Waals surface area contributed by atoms with E-state index in [1.165, 1.54) is 12.1 Å². The van der Waals surface area contributed by atoms with Gasteiger partial charge in [0.05, 0.1) is 30.3 Å². The minimum absolute atomic E-state index is 0.0146. The van der Waals surface area contributed by atoms with E-state index in [-0.39, 0.29) is 5.56 Å². The molecule has 1 fully saturated rings. The summed E-state index contributed by atoms with van der Waals surface area (Å²) in [5.41, 5.74) is 0.553. The Hall–Kier alpha value is -3.19. The largest absolute Gasteiger partial charge is 0.468 e. The molecule has 1 aromatic carbocycles. The maximum atomic E-state index is 13.7. The standard InChI is InChI=1S/C22H23FN4O2/c23-20-7-2-1-6-19(20)22(28)25-17-8-9-21(24-15-17)27-11-4-10-26(12-13-27)16-18-5-3-14-29-18/h1-3,5-9,14-15H,4,10-13,16H2,(H,25,28). The van der Waals surface area contributed by atoms with Crippen LogP contribution in [0.3, 0.4) is 0 Å². The highest BCUT2D eigenvalue weighted by atomic mass is 19.1. The van der Waals surface area contributed by atoms with Crippen LogP contribution in [-0.2, 0) is 6.54 Å². The first-order chi connectivity index (χ1) is 14.2. The van der Waals surface area contributed by atoms with Crippen molar-refractivity contribution in [3.63, 3.8) is 0 Å². The summed E-state index contributed by atoms with van der Waals surface area (Å²) in [5, 5.41) is 2.69. The topological polar surface area (TPSA) is 61.6 Å². The quantitative estimate of drug-likeness (QED) is 0.714. The van der Waals surface area contributed by atoms with Crippen LogP contribution in [0.15, 0.2) is 65.4 Å². The Morgan fingerprint density at radius 2 is 1.97 bits per heavy atom. The number of halogens is 1. The van der Waals surface area contributed by atoms with Crippen molar-refractivity contribution >= 4 is 17.4 Å². The molecule has 1 amide bonds. The molecule has 1 aliphatic heterocycles. The summed E-state index contributed by atoms with van der Waals surface area (Å²) in [5.74, 6) is 0.819. The van der Waals surface area contributed by atoms with Crippen LogP contribution < -0.4 is 10.2 Å². The summed E-state index contributed by atoms with van der Waals surface area (Å²) in [6.45, 7) is 4.54. The van der Waals surface area contributed by atoms with Gasteiger partial charge in [-0.25, -0.2) is 9.37 Å². The van der Waals surface area contributed by atoms with Crippen molar-refractivity contribution < 1.29 is 13.6 Å². The zero-order valence-corrected chi connectivity index (χ0v) is 16.1. The van der Waals surface area contributed by atoms with E-state index in [1.807, 2.05) is 18.2 Å². The highest BCUT2D eigenvalue weighted by Crippen LogP contribution is 2.18. The molecule has 150 valence electrons. The second kappa shape index (κ2) is 8.87. The predicted molar refractivity (Wildman–Crippen MR) is 109 cm³/mol. The van der Waals surface area contributed by atoms with Gasteiger partial charge < -0.3 is 14.6 Å². The molecule has 0 unspecified atom stereocenters. The number of furan rings is 1. The molecule has 0 saturated carbocycles. The summed E-state index contributed by atoms with van der Waals surface area (Å²) < 4.78 is 19.2. The number of amides is 1. The molecule has 29 heavy (non-hydrogen) atoms. The van der Waals surface area contributed by atoms with Gasteiger partial charge in [0.1, 0.15) is 17.4 Å². The van der Waals surface area contributed by atoms with Gasteiger partial charge in [-0.3, -0.25) is 9.69 Å². The Kier molecular flexibility index (Phi) is 5.86. The first-order valence-corrected chi connectivity index (χ1v) is 9.71. The molecule has 0 atom stereocenters. The number of anilines is 2. The van der Waals surface area contributed by atoms with Crippen LogP contribution in [0.25, 0.3) is 0 Å². The summed E-state index contributed by atoms with van der Waals surface area (Å²) in [7, 11) is 0. The Labute approximate surface area is 169 Å². The molecule has 6 nitrogen and oxygen atoms in total. The van der Waals surface area contributed by atoms with E-state index in [0.29, 0.717) is 5.69 Å². The van der Waals surface area contributed by atoms with Crippen molar-refractivity contribution in [2.24, 2.45) is 0 Å². The van der Waals surface area contributed by atoms with Gasteiger partial charge in [-0.2, -0.15) is 0 Å². The summed E-state index contributed by atoms with van der Waals surface area (Å²) in [6, 6.07) is 13.5. The van der Waals surface area contributed by atoms with E-state index in [4.69, 9.17) is 4.42 Å². The highest BCUT2D eigenvalue weighted by molar-refractivity contribution is 6.04. The Morgan fingerprint density at radius 3 is 2.72 bits per heavy atom. The molecule has 0 bridgehead atoms. The number of benzene rings is 1. The average molecular weight is 394 g/mol. The molecule has 0 spiro atoms. The van der Waals surface area contributed by atoms with Gasteiger partial charge in [0.15, 0.2) is 0 Å². The van der Waals surface area contributed by atoms with E-state index in [1.54, 1.807) is 30.7 Å². The zero-order valence-electron chi connectivity index (χ0n) is 16.1. The lowest BCUT2D eigenvalue weighted by Gasteiger charge is -2.22. The molecule has 1 N–H and O–H groups in total. The third-order valence-electron chi connectivity index (χ3n) is 5.00. The molecule has 1 saturated heterocycles. The van der Waals surface area contributed by atoms with Gasteiger partial charge in [0.2, 0.25) is 0 Å². The normalized spacial score (nSPS) is 15.1. The third-order valence-corrected chi connectivity index (χ3v) is 5.00. The first kappa shape index (κ1) is 19.1. The van der Waals surface area contributed by atoms with Crippen molar-refractivity contribution in [3.05, 3.63) is 78.1 Å². The van der Waals surface area contributed by atoms with Crippen molar-refractivity contribution in [3.8, 4) is 0 Å². The number of rotatable bonds is 5. The number of nitrogens with one attached hydrogen (secondary N) is 1. The van der Waals surface area contributed by atoms with Crippen LogP contribution in [0.4, 0.5) is 15.9 Å². The number of pyridine rings is 1. The van der Waals surface area contributed by atoms with Gasteiger partial charge in [-0.05, 0) is 42.8 Å². The predicted octanol–water partition coefficient (Wildman–Crippen LogP) is 3.78. The maximum Gasteiger partial charge on any atom is 0.258 e. The number of nitrogens with zero attached hydrogens (tertiary/aromatic N) is 3. The molecular formula is C22H23FN4O2. The number of hydrogen-bond acceptors (Lipinski definition) is 5. The molecular weight excluding hydrogens is 371 g/mol. The van der Waals surface area contributed by atoms with Crippen molar-refractivity contribution in [1.82, 2.24) is 9.88 Å². The Morgan fingerprint density at radius 1 is 1.07 bits per heavy atom. The van der Waals surface area contributed by atoms with E-state index in [0.717, 1.165) is 50.7 Å². The van der Waals surface area contributed by atoms with E-state index in [2.05, 4.69) is 20.1 Å². The van der Waals surface area contributed by atoms with Crippen LogP contribution in [0, 0.1) is 5.82 Å². The second-order valence-electron chi connectivity index (χ2n) is 7.04. The monoisotopic (exact) mass is 394 g/mol. The number of aromatic nitrogens is 1. The molecule has 4 rings (SSSR count). The fourth-order valence-corrected chi connectivity index (χ4v) is 3.47. The van der Waals surface area contributed by atoms with Crippen molar-refractivity contribution in [2.45, 2.75) is 13.0 Å². The van der Waals surface area contributed by atoms with Crippen LogP contribution in [0.1, 0.15) is 22.5 Å². The van der Waals surface area contributed by atoms with E-state index < -0.39 is 11.7 Å². The lowest BCUT2D eigenvalue weighted by molar-refractivity contribution is 0.102. The smallest absolute Gasteiger partial charge is 0.258 e. The van der Waals surface area contributed by atoms with Gasteiger partial charge in [0.25, 0.3) is 5.91 Å². The van der Waals surface area contributed by atoms with E-state index >= 15 is 0 Å². The molecule has 0 radical (unpaired) electrons. The number of carbonyl (C=O) groups excluding carboxylic acids is 1. The Balaban J connectivity index is 1.35. The minimum atomic E-state index is -0.543. The van der Waals surface area contributed by atoms with Crippen LogP contribution >= 0.6 is 0 Å². The summed E-state index contributed by atoms with van der Waals surface area (Å²) in [6.07, 6.45) is 4.35. The lowest BCUT2D eigenvalue weighted by atomic mass is 10.2. The van der Waals surface area contributed by atoms with Crippen molar-refractivity contribution in [1.29, 1.82) is 0 Å². The average Bonchev–Trinajstić information content (AvgIpc) is 3.13. The first-order valence-electron chi connectivity index (χ1n) is 9.71. The Bertz CT molecular complexity index is 944. The van der Waals surface area contributed by atoms with E-state index in [9.17, 15) is 9.18 Å². The van der Waals surface area contributed by atoms with Gasteiger partial charge in [-0.1, -0.05) is 12.1 Å². The van der Waals surface area contributed by atoms with Crippen LogP contribution in [-0.4, -0.2) is 42.0 Å².